The SMILES string of the molecule is C=C(Cl)[C@@](C)(Cl)CC[C@@H](Cl)C(C)C. The summed E-state index contributed by atoms with van der Waals surface area (Å²) in [6.45, 7) is 9.70. The van der Waals surface area contributed by atoms with E-state index in [9.17, 15) is 0 Å². The zero-order valence-electron chi connectivity index (χ0n) is 8.41. The topological polar surface area (TPSA) is 0 Å². The molecule has 0 N–H and O–H groups in total. The van der Waals surface area contributed by atoms with Gasteiger partial charge in [-0.15, -0.1) is 23.2 Å². The fraction of sp³-hybridized carbons (Fsp3) is 0.800. The second-order valence-corrected chi connectivity index (χ2v) is 5.75. The fourth-order valence-electron chi connectivity index (χ4n) is 0.878. The van der Waals surface area contributed by atoms with Gasteiger partial charge >= 0.3 is 0 Å². The highest BCUT2D eigenvalue weighted by Gasteiger charge is 2.25. The molecule has 0 saturated heterocycles. The Morgan fingerprint density at radius 2 is 1.92 bits per heavy atom. The third-order valence-corrected chi connectivity index (χ3v) is 3.83. The molecule has 78 valence electrons. The van der Waals surface area contributed by atoms with Crippen molar-refractivity contribution in [3.05, 3.63) is 11.6 Å². The molecule has 0 rings (SSSR count). The van der Waals surface area contributed by atoms with E-state index in [-0.39, 0.29) is 5.38 Å². The van der Waals surface area contributed by atoms with Gasteiger partial charge in [0.1, 0.15) is 0 Å². The van der Waals surface area contributed by atoms with Crippen molar-refractivity contribution in [1.29, 1.82) is 0 Å². The first-order valence-corrected chi connectivity index (χ1v) is 5.64. The van der Waals surface area contributed by atoms with Crippen molar-refractivity contribution in [2.24, 2.45) is 5.92 Å². The van der Waals surface area contributed by atoms with Crippen molar-refractivity contribution >= 4 is 34.8 Å². The van der Waals surface area contributed by atoms with Crippen LogP contribution in [0.15, 0.2) is 11.6 Å². The monoisotopic (exact) mass is 242 g/mol. The van der Waals surface area contributed by atoms with Crippen molar-refractivity contribution < 1.29 is 0 Å². The third-order valence-electron chi connectivity index (χ3n) is 2.18. The zero-order chi connectivity index (χ0) is 10.6. The first-order valence-electron chi connectivity index (χ1n) is 4.45. The van der Waals surface area contributed by atoms with Crippen molar-refractivity contribution in [3.63, 3.8) is 0 Å². The quantitative estimate of drug-likeness (QED) is 0.610. The van der Waals surface area contributed by atoms with Crippen molar-refractivity contribution in [1.82, 2.24) is 0 Å². The maximum Gasteiger partial charge on any atom is 0.0767 e. The molecule has 0 aromatic rings. The molecule has 3 heteroatoms. The molecule has 0 unspecified atom stereocenters. The molecule has 0 amide bonds. The van der Waals surface area contributed by atoms with Crippen LogP contribution >= 0.6 is 34.8 Å². The normalized spacial score (nSPS) is 18.4. The summed E-state index contributed by atoms with van der Waals surface area (Å²) in [6, 6.07) is 0. The van der Waals surface area contributed by atoms with E-state index in [2.05, 4.69) is 20.4 Å². The largest absolute Gasteiger partial charge is 0.123 e. The van der Waals surface area contributed by atoms with Crippen LogP contribution in [0.2, 0.25) is 0 Å². The minimum atomic E-state index is -0.524. The number of alkyl halides is 2. The van der Waals surface area contributed by atoms with Crippen LogP contribution in [0.3, 0.4) is 0 Å². The molecule has 2 atom stereocenters. The standard InChI is InChI=1S/C10H17Cl3/c1-7(2)9(12)5-6-10(4,13)8(3)11/h7,9H,3,5-6H2,1-2,4H3/t9-,10+/m1/s1. The minimum Gasteiger partial charge on any atom is -0.123 e. The number of hydrogen-bond acceptors (Lipinski definition) is 0. The van der Waals surface area contributed by atoms with Gasteiger partial charge < -0.3 is 0 Å². The molecular weight excluding hydrogens is 226 g/mol. The van der Waals surface area contributed by atoms with Crippen molar-refractivity contribution in [3.8, 4) is 0 Å². The molecule has 0 aliphatic heterocycles. The van der Waals surface area contributed by atoms with Crippen LogP contribution in [0.1, 0.15) is 33.6 Å². The molecule has 0 spiro atoms. The Labute approximate surface area is 96.2 Å². The van der Waals surface area contributed by atoms with Crippen LogP contribution in [0, 0.1) is 5.92 Å². The average Bonchev–Trinajstić information content (AvgIpc) is 1.99. The van der Waals surface area contributed by atoms with Gasteiger partial charge in [0.25, 0.3) is 0 Å². The van der Waals surface area contributed by atoms with Gasteiger partial charge in [0.15, 0.2) is 0 Å². The Balaban J connectivity index is 3.95. The molecule has 0 aromatic heterocycles. The Morgan fingerprint density at radius 1 is 1.46 bits per heavy atom. The summed E-state index contributed by atoms with van der Waals surface area (Å²) in [5.74, 6) is 0.470. The zero-order valence-corrected chi connectivity index (χ0v) is 10.7. The molecule has 0 heterocycles. The number of hydrogen-bond donors (Lipinski definition) is 0. The van der Waals surface area contributed by atoms with E-state index in [1.54, 1.807) is 0 Å². The molecule has 0 saturated carbocycles. The van der Waals surface area contributed by atoms with Crippen LogP contribution in [0.4, 0.5) is 0 Å². The Morgan fingerprint density at radius 3 is 2.23 bits per heavy atom. The van der Waals surface area contributed by atoms with Crippen LogP contribution in [-0.4, -0.2) is 10.3 Å². The first-order chi connectivity index (χ1) is 5.77. The van der Waals surface area contributed by atoms with Crippen LogP contribution in [-0.2, 0) is 0 Å². The van der Waals surface area contributed by atoms with Gasteiger partial charge in [-0.3, -0.25) is 0 Å². The number of allylic oxidation sites excluding steroid dienone is 1. The summed E-state index contributed by atoms with van der Waals surface area (Å²) >= 11 is 18.0. The highest BCUT2D eigenvalue weighted by molar-refractivity contribution is 6.39. The summed E-state index contributed by atoms with van der Waals surface area (Å²) < 4.78 is 0. The summed E-state index contributed by atoms with van der Waals surface area (Å²) in [6.07, 6.45) is 1.63. The van der Waals surface area contributed by atoms with Crippen molar-refractivity contribution in [2.45, 2.75) is 43.9 Å². The highest BCUT2D eigenvalue weighted by atomic mass is 35.5. The van der Waals surface area contributed by atoms with Gasteiger partial charge in [0.2, 0.25) is 0 Å². The Hall–Kier alpha value is 0.610. The molecule has 13 heavy (non-hydrogen) atoms. The summed E-state index contributed by atoms with van der Waals surface area (Å²) in [7, 11) is 0. The van der Waals surface area contributed by atoms with E-state index in [0.717, 1.165) is 12.8 Å². The van der Waals surface area contributed by atoms with E-state index in [1.165, 1.54) is 0 Å². The van der Waals surface area contributed by atoms with Crippen LogP contribution < -0.4 is 0 Å². The molecule has 0 aliphatic carbocycles. The smallest absolute Gasteiger partial charge is 0.0767 e. The lowest BCUT2D eigenvalue weighted by Gasteiger charge is -2.23. The Kier molecular flexibility index (Phi) is 5.74. The maximum absolute atomic E-state index is 6.13. The molecular formula is C10H17Cl3. The summed E-state index contributed by atoms with van der Waals surface area (Å²) in [4.78, 5) is -0.524. The first kappa shape index (κ1) is 13.6. The minimum absolute atomic E-state index is 0.161. The lowest BCUT2D eigenvalue weighted by atomic mass is 9.98. The van der Waals surface area contributed by atoms with Gasteiger partial charge in [-0.25, -0.2) is 0 Å². The molecule has 0 bridgehead atoms. The lowest BCUT2D eigenvalue weighted by Crippen LogP contribution is -2.19. The summed E-state index contributed by atoms with van der Waals surface area (Å²) in [5, 5.41) is 0.649. The predicted molar refractivity (Wildman–Crippen MR) is 63.0 cm³/mol. The third kappa shape index (κ3) is 5.15. The van der Waals surface area contributed by atoms with Gasteiger partial charge in [-0.05, 0) is 25.7 Å². The van der Waals surface area contributed by atoms with Gasteiger partial charge in [0, 0.05) is 10.4 Å². The van der Waals surface area contributed by atoms with E-state index < -0.39 is 4.87 Å². The van der Waals surface area contributed by atoms with Crippen molar-refractivity contribution in [2.75, 3.05) is 0 Å². The van der Waals surface area contributed by atoms with E-state index >= 15 is 0 Å². The summed E-state index contributed by atoms with van der Waals surface area (Å²) in [5.41, 5.74) is 0. The Bertz CT molecular complexity index is 173. The van der Waals surface area contributed by atoms with E-state index in [0.29, 0.717) is 11.0 Å². The second kappa shape index (κ2) is 5.48. The van der Waals surface area contributed by atoms with Gasteiger partial charge in [0.05, 0.1) is 4.87 Å². The lowest BCUT2D eigenvalue weighted by molar-refractivity contribution is 0.519. The molecule has 0 aromatic carbocycles. The van der Waals surface area contributed by atoms with Gasteiger partial charge in [-0.1, -0.05) is 32.0 Å². The number of halogens is 3. The van der Waals surface area contributed by atoms with Gasteiger partial charge in [-0.2, -0.15) is 0 Å². The second-order valence-electron chi connectivity index (χ2n) is 3.90. The average molecular weight is 244 g/mol. The predicted octanol–water partition coefficient (Wildman–Crippen LogP) is 4.78. The molecule has 0 nitrogen and oxygen atoms in total. The van der Waals surface area contributed by atoms with E-state index in [4.69, 9.17) is 34.8 Å². The van der Waals surface area contributed by atoms with Crippen LogP contribution in [0.5, 0.6) is 0 Å². The van der Waals surface area contributed by atoms with Crippen LogP contribution in [0.25, 0.3) is 0 Å². The maximum atomic E-state index is 6.13. The molecule has 0 aliphatic rings. The van der Waals surface area contributed by atoms with E-state index in [1.807, 2.05) is 6.92 Å². The molecule has 0 radical (unpaired) electrons. The molecule has 0 fully saturated rings. The number of rotatable bonds is 5. The fourth-order valence-corrected chi connectivity index (χ4v) is 1.19. The highest BCUT2D eigenvalue weighted by Crippen LogP contribution is 2.33.